The van der Waals surface area contributed by atoms with Gasteiger partial charge in [-0.2, -0.15) is 0 Å². The van der Waals surface area contributed by atoms with E-state index in [1.165, 1.54) is 0 Å². The van der Waals surface area contributed by atoms with Crippen molar-refractivity contribution in [3.8, 4) is 0 Å². The summed E-state index contributed by atoms with van der Waals surface area (Å²) < 4.78 is 0. The van der Waals surface area contributed by atoms with Crippen molar-refractivity contribution in [2.24, 2.45) is 0 Å². The number of aliphatic hydroxyl groups excluding tert-OH is 1. The molecule has 0 amide bonds. The zero-order chi connectivity index (χ0) is 2.71. The third-order valence-corrected chi connectivity index (χ3v) is 0. The van der Waals surface area contributed by atoms with Crippen molar-refractivity contribution >= 4 is 11.6 Å². The third kappa shape index (κ3) is 21.2. The fraction of sp³-hybridized carbons (Fsp3) is 1.00. The van der Waals surface area contributed by atoms with E-state index in [-0.39, 0.29) is 71.5 Å². The maximum atomic E-state index is 7.33. The van der Waals surface area contributed by atoms with Gasteiger partial charge in [0.25, 0.3) is 0 Å². The number of hydrogen-bond donors (Lipinski definition) is 1. The van der Waals surface area contributed by atoms with E-state index < -0.39 is 0 Å². The summed E-state index contributed by atoms with van der Waals surface area (Å²) in [6, 6.07) is -0.278. The first-order chi connectivity index (χ1) is 1.41. The fourth-order valence-corrected chi connectivity index (χ4v) is 0. The standard InChI is InChI=1S/CH3ClO.2Y/c2-1-3;;/h3H,1H2;;. The van der Waals surface area contributed by atoms with Gasteiger partial charge in [0.2, 0.25) is 0 Å². The molecule has 1 nitrogen and oxygen atoms in total. The zero-order valence-electron chi connectivity index (χ0n) is 2.69. The van der Waals surface area contributed by atoms with Gasteiger partial charge in [0, 0.05) is 65.4 Å². The Hall–Kier alpha value is 2.46. The molecule has 0 atom stereocenters. The number of rotatable bonds is 0. The van der Waals surface area contributed by atoms with Gasteiger partial charge < -0.3 is 5.11 Å². The molecule has 0 bridgehead atoms. The Labute approximate surface area is 86.6 Å². The van der Waals surface area contributed by atoms with E-state index in [0.717, 1.165) is 0 Å². The van der Waals surface area contributed by atoms with Crippen molar-refractivity contribution in [3.63, 3.8) is 0 Å². The van der Waals surface area contributed by atoms with Gasteiger partial charge in [-0.1, -0.05) is 11.6 Å². The van der Waals surface area contributed by atoms with Crippen molar-refractivity contribution in [1.29, 1.82) is 0 Å². The van der Waals surface area contributed by atoms with Gasteiger partial charge in [0.15, 0.2) is 0 Å². The Kier molecular flexibility index (Phi) is 50.4. The van der Waals surface area contributed by atoms with E-state index in [2.05, 4.69) is 11.6 Å². The number of alkyl halides is 1. The van der Waals surface area contributed by atoms with Gasteiger partial charge in [-0.15, -0.1) is 0 Å². The number of halogens is 1. The van der Waals surface area contributed by atoms with Crippen LogP contribution in [0.5, 0.6) is 0 Å². The topological polar surface area (TPSA) is 20.2 Å². The van der Waals surface area contributed by atoms with Crippen LogP contribution in [0.3, 0.4) is 0 Å². The second-order valence-corrected chi connectivity index (χ2v) is 0.359. The van der Waals surface area contributed by atoms with Crippen LogP contribution < -0.4 is 0 Å². The molecule has 0 fully saturated rings. The monoisotopic (exact) mass is 244 g/mol. The largest absolute Gasteiger partial charge is 0.381 e. The van der Waals surface area contributed by atoms with Crippen LogP contribution in [0, 0.1) is 0 Å². The summed E-state index contributed by atoms with van der Waals surface area (Å²) >= 11 is 4.55. The van der Waals surface area contributed by atoms with Crippen LogP contribution in [-0.2, 0) is 65.4 Å². The summed E-state index contributed by atoms with van der Waals surface area (Å²) in [6.45, 7) is 0. The van der Waals surface area contributed by atoms with E-state index in [4.69, 9.17) is 5.11 Å². The van der Waals surface area contributed by atoms with Crippen LogP contribution in [-0.4, -0.2) is 11.2 Å². The minimum Gasteiger partial charge on any atom is -0.381 e. The molecule has 0 heterocycles. The van der Waals surface area contributed by atoms with E-state index >= 15 is 0 Å². The van der Waals surface area contributed by atoms with Crippen molar-refractivity contribution in [2.75, 3.05) is 6.07 Å². The van der Waals surface area contributed by atoms with E-state index in [0.29, 0.717) is 0 Å². The number of hydrogen-bond acceptors (Lipinski definition) is 1. The minimum absolute atomic E-state index is 0. The molecule has 0 aliphatic carbocycles. The molecule has 0 aromatic carbocycles. The first kappa shape index (κ1) is 15.7. The molecular formula is CH3ClOY2. The Morgan fingerprint density at radius 2 is 1.40 bits per heavy atom. The van der Waals surface area contributed by atoms with Crippen molar-refractivity contribution < 1.29 is 70.5 Å². The number of aliphatic hydroxyl groups is 1. The molecule has 0 aliphatic rings. The molecule has 0 aromatic rings. The van der Waals surface area contributed by atoms with Gasteiger partial charge in [0.1, 0.15) is 6.07 Å². The summed E-state index contributed by atoms with van der Waals surface area (Å²) in [4.78, 5) is 0. The minimum atomic E-state index is -0.278. The maximum Gasteiger partial charge on any atom is 0.117 e. The predicted octanol–water partition coefficient (Wildman–Crippen LogP) is 0.170. The quantitative estimate of drug-likeness (QED) is 0.602. The van der Waals surface area contributed by atoms with Crippen LogP contribution in [0.25, 0.3) is 0 Å². The maximum absolute atomic E-state index is 7.33. The van der Waals surface area contributed by atoms with Crippen LogP contribution >= 0.6 is 11.6 Å². The predicted molar refractivity (Wildman–Crippen MR) is 12.9 cm³/mol. The first-order valence-electron chi connectivity index (χ1n) is 0.583. The summed E-state index contributed by atoms with van der Waals surface area (Å²) in [5.41, 5.74) is 0. The Morgan fingerprint density at radius 3 is 1.40 bits per heavy atom. The first-order valence-corrected chi connectivity index (χ1v) is 1.12. The van der Waals surface area contributed by atoms with E-state index in [1.54, 1.807) is 0 Å². The van der Waals surface area contributed by atoms with Crippen LogP contribution in [0.2, 0.25) is 0 Å². The molecule has 0 saturated heterocycles. The summed E-state index contributed by atoms with van der Waals surface area (Å²) in [5.74, 6) is 0. The average molecular weight is 244 g/mol. The molecule has 4 heteroatoms. The molecule has 2 radical (unpaired) electrons. The summed E-state index contributed by atoms with van der Waals surface area (Å²) in [7, 11) is 0. The van der Waals surface area contributed by atoms with Crippen LogP contribution in [0.1, 0.15) is 0 Å². The summed E-state index contributed by atoms with van der Waals surface area (Å²) in [5, 5.41) is 7.33. The van der Waals surface area contributed by atoms with Gasteiger partial charge in [-0.05, 0) is 0 Å². The van der Waals surface area contributed by atoms with Gasteiger partial charge in [-0.3, -0.25) is 0 Å². The smallest absolute Gasteiger partial charge is 0.117 e. The molecule has 0 spiro atoms. The molecule has 0 aromatic heterocycles. The molecule has 0 unspecified atom stereocenters. The molecule has 1 N–H and O–H groups in total. The Bertz CT molecular complexity index is 9.61. The normalized spacial score (nSPS) is 3.60. The van der Waals surface area contributed by atoms with Crippen LogP contribution in [0.4, 0.5) is 0 Å². The van der Waals surface area contributed by atoms with Gasteiger partial charge in [-0.25, -0.2) is 0 Å². The zero-order valence-corrected chi connectivity index (χ0v) is 9.12. The average Bonchev–Trinajstić information content (AvgIpc) is 0.918. The Balaban J connectivity index is -0.0000000200. The fourth-order valence-electron chi connectivity index (χ4n) is 0. The van der Waals surface area contributed by atoms with E-state index in [1.807, 2.05) is 0 Å². The molecule has 26 valence electrons. The third-order valence-electron chi connectivity index (χ3n) is 0. The van der Waals surface area contributed by atoms with Crippen molar-refractivity contribution in [1.82, 2.24) is 0 Å². The molecule has 0 aliphatic heterocycles. The molecular weight excluding hydrogens is 241 g/mol. The van der Waals surface area contributed by atoms with Gasteiger partial charge in [0.05, 0.1) is 0 Å². The molecule has 0 saturated carbocycles. The molecule has 5 heavy (non-hydrogen) atoms. The van der Waals surface area contributed by atoms with Crippen molar-refractivity contribution in [3.05, 3.63) is 0 Å². The molecule has 0 rings (SSSR count). The van der Waals surface area contributed by atoms with Crippen LogP contribution in [0.15, 0.2) is 0 Å². The van der Waals surface area contributed by atoms with E-state index in [9.17, 15) is 0 Å². The second kappa shape index (κ2) is 16.1. The van der Waals surface area contributed by atoms with Crippen molar-refractivity contribution in [2.45, 2.75) is 0 Å². The second-order valence-electron chi connectivity index (χ2n) is 0.120. The summed E-state index contributed by atoms with van der Waals surface area (Å²) in [6.07, 6.45) is 0. The Morgan fingerprint density at radius 1 is 1.40 bits per heavy atom. The SMILES string of the molecule is OCCl.[Y].[Y]. The van der Waals surface area contributed by atoms with Gasteiger partial charge >= 0.3 is 0 Å².